The summed E-state index contributed by atoms with van der Waals surface area (Å²) in [5, 5.41) is 10.1. The van der Waals surface area contributed by atoms with Crippen molar-refractivity contribution in [2.75, 3.05) is 6.61 Å². The second-order valence-electron chi connectivity index (χ2n) is 7.58. The minimum atomic E-state index is -0.756. The second-order valence-corrected chi connectivity index (χ2v) is 7.58. The SMILES string of the molecule is CC1=CCC(C2=CCC(C(C)(C)O)OC2)CCC(C)=CCC1. The molecular weight excluding hydrogens is 272 g/mol. The van der Waals surface area contributed by atoms with Crippen LogP contribution in [0.3, 0.4) is 0 Å². The Morgan fingerprint density at radius 2 is 1.77 bits per heavy atom. The number of hydrogen-bond acceptors (Lipinski definition) is 2. The third kappa shape index (κ3) is 5.10. The van der Waals surface area contributed by atoms with Gasteiger partial charge >= 0.3 is 0 Å². The van der Waals surface area contributed by atoms with Crippen LogP contribution in [-0.4, -0.2) is 23.4 Å². The van der Waals surface area contributed by atoms with Crippen molar-refractivity contribution in [1.29, 1.82) is 0 Å². The fourth-order valence-corrected chi connectivity index (χ4v) is 3.31. The van der Waals surface area contributed by atoms with Crippen LogP contribution in [0.15, 0.2) is 34.9 Å². The number of aliphatic hydroxyl groups is 1. The summed E-state index contributed by atoms with van der Waals surface area (Å²) in [6, 6.07) is 0. The van der Waals surface area contributed by atoms with E-state index in [1.54, 1.807) is 0 Å². The monoisotopic (exact) mass is 304 g/mol. The van der Waals surface area contributed by atoms with E-state index in [9.17, 15) is 5.11 Å². The lowest BCUT2D eigenvalue weighted by atomic mass is 9.85. The summed E-state index contributed by atoms with van der Waals surface area (Å²) < 4.78 is 5.94. The van der Waals surface area contributed by atoms with Gasteiger partial charge in [0.05, 0.1) is 18.3 Å². The predicted molar refractivity (Wildman–Crippen MR) is 92.8 cm³/mol. The highest BCUT2D eigenvalue weighted by atomic mass is 16.5. The zero-order chi connectivity index (χ0) is 16.2. The predicted octanol–water partition coefficient (Wildman–Crippen LogP) is 4.95. The lowest BCUT2D eigenvalue weighted by molar-refractivity contribution is -0.0865. The van der Waals surface area contributed by atoms with Crippen molar-refractivity contribution in [3.05, 3.63) is 34.9 Å². The van der Waals surface area contributed by atoms with E-state index >= 15 is 0 Å². The summed E-state index contributed by atoms with van der Waals surface area (Å²) in [6.07, 6.45) is 13.8. The molecule has 2 nitrogen and oxygen atoms in total. The third-order valence-electron chi connectivity index (χ3n) is 5.03. The summed E-state index contributed by atoms with van der Waals surface area (Å²) >= 11 is 0. The smallest absolute Gasteiger partial charge is 0.0895 e. The molecule has 1 N–H and O–H groups in total. The fourth-order valence-electron chi connectivity index (χ4n) is 3.31. The molecular formula is C20H32O2. The number of ether oxygens (including phenoxy) is 1. The first-order valence-electron chi connectivity index (χ1n) is 8.70. The average molecular weight is 304 g/mol. The maximum atomic E-state index is 10.1. The van der Waals surface area contributed by atoms with Gasteiger partial charge in [-0.3, -0.25) is 0 Å². The number of allylic oxidation sites excluding steroid dienone is 4. The van der Waals surface area contributed by atoms with Crippen LogP contribution in [0.2, 0.25) is 0 Å². The van der Waals surface area contributed by atoms with Gasteiger partial charge in [0.1, 0.15) is 0 Å². The molecule has 2 rings (SSSR count). The molecule has 0 spiro atoms. The van der Waals surface area contributed by atoms with Crippen LogP contribution >= 0.6 is 0 Å². The van der Waals surface area contributed by atoms with Gasteiger partial charge < -0.3 is 9.84 Å². The molecule has 2 heteroatoms. The highest BCUT2D eigenvalue weighted by Gasteiger charge is 2.30. The van der Waals surface area contributed by atoms with Gasteiger partial charge in [-0.05, 0) is 77.7 Å². The van der Waals surface area contributed by atoms with Crippen molar-refractivity contribution in [2.45, 2.75) is 77.9 Å². The molecule has 1 heterocycles. The molecule has 124 valence electrons. The summed E-state index contributed by atoms with van der Waals surface area (Å²) in [5.74, 6) is 0.583. The summed E-state index contributed by atoms with van der Waals surface area (Å²) in [7, 11) is 0. The van der Waals surface area contributed by atoms with E-state index in [1.807, 2.05) is 13.8 Å². The van der Waals surface area contributed by atoms with Crippen LogP contribution in [-0.2, 0) is 4.74 Å². The van der Waals surface area contributed by atoms with Crippen LogP contribution in [0.25, 0.3) is 0 Å². The Morgan fingerprint density at radius 1 is 1.05 bits per heavy atom. The van der Waals surface area contributed by atoms with Crippen molar-refractivity contribution in [2.24, 2.45) is 5.92 Å². The van der Waals surface area contributed by atoms with Crippen LogP contribution in [0.1, 0.15) is 66.2 Å². The van der Waals surface area contributed by atoms with Gasteiger partial charge in [-0.15, -0.1) is 0 Å². The molecule has 1 aliphatic carbocycles. The maximum absolute atomic E-state index is 10.1. The molecule has 22 heavy (non-hydrogen) atoms. The normalized spacial score (nSPS) is 28.5. The molecule has 0 radical (unpaired) electrons. The van der Waals surface area contributed by atoms with Gasteiger partial charge in [0.15, 0.2) is 0 Å². The zero-order valence-corrected chi connectivity index (χ0v) is 14.7. The molecule has 0 aromatic carbocycles. The van der Waals surface area contributed by atoms with Crippen molar-refractivity contribution in [3.63, 3.8) is 0 Å². The minimum Gasteiger partial charge on any atom is -0.388 e. The molecule has 0 saturated heterocycles. The summed E-state index contributed by atoms with van der Waals surface area (Å²) in [4.78, 5) is 0. The van der Waals surface area contributed by atoms with Crippen molar-refractivity contribution in [1.82, 2.24) is 0 Å². The van der Waals surface area contributed by atoms with Gasteiger partial charge in [-0.2, -0.15) is 0 Å². The van der Waals surface area contributed by atoms with Gasteiger partial charge in [0.25, 0.3) is 0 Å². The highest BCUT2D eigenvalue weighted by Crippen LogP contribution is 2.31. The number of rotatable bonds is 2. The first-order valence-corrected chi connectivity index (χ1v) is 8.70. The van der Waals surface area contributed by atoms with Gasteiger partial charge in [0, 0.05) is 0 Å². The molecule has 0 saturated carbocycles. The van der Waals surface area contributed by atoms with Gasteiger partial charge in [0.2, 0.25) is 0 Å². The molecule has 0 aromatic heterocycles. The molecule has 0 bridgehead atoms. The Labute approximate surface area is 136 Å². The zero-order valence-electron chi connectivity index (χ0n) is 14.7. The highest BCUT2D eigenvalue weighted by molar-refractivity contribution is 5.16. The minimum absolute atomic E-state index is 0.0744. The number of hydrogen-bond donors (Lipinski definition) is 1. The van der Waals surface area contributed by atoms with Crippen molar-refractivity contribution in [3.8, 4) is 0 Å². The standard InChI is InChI=1S/C20H32O2/c1-15-6-5-7-16(2)9-11-17(10-8-15)18-12-13-19(22-14-18)20(3,4)21/h6,9,12,17,19,21H,5,7-8,10-11,13-14H2,1-4H3. The topological polar surface area (TPSA) is 29.5 Å². The van der Waals surface area contributed by atoms with E-state index in [0.717, 1.165) is 12.8 Å². The van der Waals surface area contributed by atoms with E-state index in [0.29, 0.717) is 12.5 Å². The van der Waals surface area contributed by atoms with Crippen LogP contribution in [0.4, 0.5) is 0 Å². The largest absolute Gasteiger partial charge is 0.388 e. The Bertz CT molecular complexity index is 463. The average Bonchev–Trinajstić information content (AvgIpc) is 2.46. The van der Waals surface area contributed by atoms with Crippen molar-refractivity contribution >= 4 is 0 Å². The molecule has 2 aliphatic rings. The summed E-state index contributed by atoms with van der Waals surface area (Å²) in [5.41, 5.74) is 3.70. The molecule has 0 fully saturated rings. The molecule has 0 amide bonds. The fraction of sp³-hybridized carbons (Fsp3) is 0.700. The Hall–Kier alpha value is -0.860. The first-order chi connectivity index (χ1) is 10.4. The lowest BCUT2D eigenvalue weighted by Crippen LogP contribution is -2.40. The molecule has 1 aliphatic heterocycles. The van der Waals surface area contributed by atoms with E-state index in [4.69, 9.17) is 4.74 Å². The Morgan fingerprint density at radius 3 is 2.41 bits per heavy atom. The van der Waals surface area contributed by atoms with Crippen LogP contribution in [0.5, 0.6) is 0 Å². The van der Waals surface area contributed by atoms with Crippen molar-refractivity contribution < 1.29 is 9.84 Å². The summed E-state index contributed by atoms with van der Waals surface area (Å²) in [6.45, 7) is 8.85. The molecule has 2 atom stereocenters. The second kappa shape index (κ2) is 7.61. The van der Waals surface area contributed by atoms with Crippen LogP contribution < -0.4 is 0 Å². The maximum Gasteiger partial charge on any atom is 0.0895 e. The lowest BCUT2D eigenvalue weighted by Gasteiger charge is -2.34. The van der Waals surface area contributed by atoms with E-state index < -0.39 is 5.60 Å². The Kier molecular flexibility index (Phi) is 6.05. The molecule has 2 unspecified atom stereocenters. The van der Waals surface area contributed by atoms with E-state index in [-0.39, 0.29) is 6.10 Å². The molecule has 0 aromatic rings. The van der Waals surface area contributed by atoms with Gasteiger partial charge in [-0.25, -0.2) is 0 Å². The quantitative estimate of drug-likeness (QED) is 0.732. The van der Waals surface area contributed by atoms with E-state index in [2.05, 4.69) is 32.1 Å². The van der Waals surface area contributed by atoms with Crippen LogP contribution in [0, 0.1) is 5.92 Å². The third-order valence-corrected chi connectivity index (χ3v) is 5.03. The first kappa shape index (κ1) is 17.5. The van der Waals surface area contributed by atoms with Gasteiger partial charge in [-0.1, -0.05) is 29.4 Å². The Balaban J connectivity index is 2.06. The van der Waals surface area contributed by atoms with E-state index in [1.165, 1.54) is 42.4 Å².